The predicted molar refractivity (Wildman–Crippen MR) is 62.4 cm³/mol. The monoisotopic (exact) mass is 272 g/mol. The highest BCUT2D eigenvalue weighted by Crippen LogP contribution is 2.23. The summed E-state index contributed by atoms with van der Waals surface area (Å²) >= 11 is 9.55. The molecule has 0 unspecified atom stereocenters. The lowest BCUT2D eigenvalue weighted by Gasteiger charge is -1.91. The van der Waals surface area contributed by atoms with Crippen LogP contribution in [0.15, 0.2) is 21.5 Å². The fourth-order valence-electron chi connectivity index (χ4n) is 0.707. The first kappa shape index (κ1) is 10.4. The van der Waals surface area contributed by atoms with Crippen molar-refractivity contribution in [2.75, 3.05) is 0 Å². The molecule has 1 rings (SSSR count). The Hall–Kier alpha value is -0.700. The molecule has 0 radical (unpaired) electrons. The normalized spacial score (nSPS) is 10.9. The maximum absolute atomic E-state index is 8.67. The van der Waals surface area contributed by atoms with Crippen LogP contribution >= 0.6 is 39.5 Å². The summed E-state index contributed by atoms with van der Waals surface area (Å²) in [6.07, 6.45) is 1.68. The Kier molecular flexibility index (Phi) is 3.60. The Labute approximate surface area is 93.8 Å². The van der Waals surface area contributed by atoms with Gasteiger partial charge in [0.1, 0.15) is 11.1 Å². The van der Waals surface area contributed by atoms with Gasteiger partial charge in [-0.1, -0.05) is 12.2 Å². The van der Waals surface area contributed by atoms with Gasteiger partial charge in [-0.2, -0.15) is 5.26 Å². The second-order valence-electron chi connectivity index (χ2n) is 2.18. The van der Waals surface area contributed by atoms with Crippen molar-refractivity contribution in [3.63, 3.8) is 0 Å². The molecular weight excluding hydrogens is 268 g/mol. The number of hydrogen-bond donors (Lipinski definition) is 1. The van der Waals surface area contributed by atoms with Crippen molar-refractivity contribution >= 4 is 50.5 Å². The van der Waals surface area contributed by atoms with E-state index in [9.17, 15) is 0 Å². The minimum atomic E-state index is 0.132. The molecular formula is C8H5BrN2S2. The van der Waals surface area contributed by atoms with Crippen LogP contribution in [0.1, 0.15) is 4.88 Å². The summed E-state index contributed by atoms with van der Waals surface area (Å²) in [6.45, 7) is 0. The summed E-state index contributed by atoms with van der Waals surface area (Å²) in [4.78, 5) is 1.09. The first-order chi connectivity index (χ1) is 6.13. The Morgan fingerprint density at radius 3 is 2.77 bits per heavy atom. The molecule has 1 aromatic heterocycles. The van der Waals surface area contributed by atoms with Crippen molar-refractivity contribution in [1.29, 1.82) is 5.26 Å². The molecule has 0 spiro atoms. The Morgan fingerprint density at radius 1 is 1.69 bits per heavy atom. The van der Waals surface area contributed by atoms with Crippen LogP contribution in [0.4, 0.5) is 0 Å². The summed E-state index contributed by atoms with van der Waals surface area (Å²) in [5.41, 5.74) is 5.67. The molecule has 1 aromatic rings. The van der Waals surface area contributed by atoms with E-state index in [0.29, 0.717) is 5.57 Å². The predicted octanol–water partition coefficient (Wildman–Crippen LogP) is 2.70. The number of halogens is 1. The number of thiophene rings is 1. The third-order valence-corrected chi connectivity index (χ3v) is 3.06. The first-order valence-corrected chi connectivity index (χ1v) is 5.32. The lowest BCUT2D eigenvalue weighted by Crippen LogP contribution is -2.09. The van der Waals surface area contributed by atoms with Crippen molar-refractivity contribution < 1.29 is 0 Å². The minimum Gasteiger partial charge on any atom is -0.389 e. The Morgan fingerprint density at radius 2 is 2.38 bits per heavy atom. The van der Waals surface area contributed by atoms with E-state index >= 15 is 0 Å². The molecule has 0 aromatic carbocycles. The molecule has 0 aliphatic carbocycles. The molecule has 0 aliphatic heterocycles. The Bertz CT molecular complexity index is 401. The largest absolute Gasteiger partial charge is 0.389 e. The zero-order valence-electron chi connectivity index (χ0n) is 6.45. The average Bonchev–Trinajstić information content (AvgIpc) is 2.46. The minimum absolute atomic E-state index is 0.132. The van der Waals surface area contributed by atoms with Gasteiger partial charge >= 0.3 is 0 Å². The first-order valence-electron chi connectivity index (χ1n) is 3.30. The SMILES string of the molecule is N#CC(=Cc1ccc(Br)s1)C(N)=S. The molecule has 2 N–H and O–H groups in total. The summed E-state index contributed by atoms with van der Waals surface area (Å²) in [7, 11) is 0. The van der Waals surface area contributed by atoms with Gasteiger partial charge in [0.05, 0.1) is 9.36 Å². The zero-order valence-corrected chi connectivity index (χ0v) is 9.67. The molecule has 0 saturated heterocycles. The van der Waals surface area contributed by atoms with Gasteiger partial charge in [0, 0.05) is 4.88 Å². The molecule has 2 nitrogen and oxygen atoms in total. The molecule has 0 aliphatic rings. The van der Waals surface area contributed by atoms with Gasteiger partial charge in [0.25, 0.3) is 0 Å². The summed E-state index contributed by atoms with van der Waals surface area (Å²) in [6, 6.07) is 5.75. The Balaban J connectivity index is 3.00. The van der Waals surface area contributed by atoms with Crippen molar-refractivity contribution in [2.24, 2.45) is 5.73 Å². The van der Waals surface area contributed by atoms with E-state index in [-0.39, 0.29) is 4.99 Å². The highest BCUT2D eigenvalue weighted by Gasteiger charge is 2.00. The maximum Gasteiger partial charge on any atom is 0.114 e. The van der Waals surface area contributed by atoms with Crippen molar-refractivity contribution in [3.05, 3.63) is 26.4 Å². The van der Waals surface area contributed by atoms with Crippen molar-refractivity contribution in [3.8, 4) is 6.07 Å². The van der Waals surface area contributed by atoms with E-state index in [1.807, 2.05) is 18.2 Å². The molecule has 0 fully saturated rings. The molecule has 13 heavy (non-hydrogen) atoms. The van der Waals surface area contributed by atoms with E-state index < -0.39 is 0 Å². The number of thiocarbonyl (C=S) groups is 1. The molecule has 0 bridgehead atoms. The van der Waals surface area contributed by atoms with Gasteiger partial charge in [-0.15, -0.1) is 11.3 Å². The lowest BCUT2D eigenvalue weighted by atomic mass is 10.2. The van der Waals surface area contributed by atoms with Crippen molar-refractivity contribution in [1.82, 2.24) is 0 Å². The summed E-state index contributed by atoms with van der Waals surface area (Å²) in [5, 5.41) is 8.67. The summed E-state index contributed by atoms with van der Waals surface area (Å²) in [5.74, 6) is 0. The number of nitrogens with zero attached hydrogens (tertiary/aromatic N) is 1. The van der Waals surface area contributed by atoms with Crippen LogP contribution in [0.3, 0.4) is 0 Å². The van der Waals surface area contributed by atoms with E-state index in [0.717, 1.165) is 8.66 Å². The topological polar surface area (TPSA) is 49.8 Å². The van der Waals surface area contributed by atoms with Crippen LogP contribution < -0.4 is 5.73 Å². The quantitative estimate of drug-likeness (QED) is 0.512. The van der Waals surface area contributed by atoms with E-state index in [1.54, 1.807) is 6.08 Å². The van der Waals surface area contributed by atoms with Crippen LogP contribution in [0.2, 0.25) is 0 Å². The van der Waals surface area contributed by atoms with Crippen LogP contribution in [0, 0.1) is 11.3 Å². The van der Waals surface area contributed by atoms with E-state index in [4.69, 9.17) is 23.2 Å². The number of nitrogens with two attached hydrogens (primary N) is 1. The number of nitriles is 1. The number of hydrogen-bond acceptors (Lipinski definition) is 3. The molecule has 0 atom stereocenters. The van der Waals surface area contributed by atoms with Gasteiger partial charge in [-0.05, 0) is 34.1 Å². The van der Waals surface area contributed by atoms with E-state index in [2.05, 4.69) is 15.9 Å². The van der Waals surface area contributed by atoms with Gasteiger partial charge in [0.2, 0.25) is 0 Å². The zero-order chi connectivity index (χ0) is 9.84. The van der Waals surface area contributed by atoms with Crippen LogP contribution in [-0.4, -0.2) is 4.99 Å². The average molecular weight is 273 g/mol. The highest BCUT2D eigenvalue weighted by atomic mass is 79.9. The highest BCUT2D eigenvalue weighted by molar-refractivity contribution is 9.11. The van der Waals surface area contributed by atoms with Gasteiger partial charge in [0.15, 0.2) is 0 Å². The van der Waals surface area contributed by atoms with E-state index in [1.165, 1.54) is 11.3 Å². The second-order valence-corrected chi connectivity index (χ2v) is 5.11. The maximum atomic E-state index is 8.67. The van der Waals surface area contributed by atoms with Gasteiger partial charge < -0.3 is 5.73 Å². The second kappa shape index (κ2) is 4.51. The fourth-order valence-corrected chi connectivity index (χ4v) is 2.18. The molecule has 66 valence electrons. The van der Waals surface area contributed by atoms with Crippen LogP contribution in [0.5, 0.6) is 0 Å². The van der Waals surface area contributed by atoms with Crippen LogP contribution in [-0.2, 0) is 0 Å². The lowest BCUT2D eigenvalue weighted by molar-refractivity contribution is 1.52. The number of rotatable bonds is 2. The van der Waals surface area contributed by atoms with Crippen LogP contribution in [0.25, 0.3) is 6.08 Å². The standard InChI is InChI=1S/C8H5BrN2S2/c9-7-2-1-6(13-7)3-5(4-10)8(11)12/h1-3H,(H2,11,12). The van der Waals surface area contributed by atoms with Crippen molar-refractivity contribution in [2.45, 2.75) is 0 Å². The molecule has 0 amide bonds. The van der Waals surface area contributed by atoms with Gasteiger partial charge in [-0.25, -0.2) is 0 Å². The molecule has 5 heteroatoms. The molecule has 0 saturated carbocycles. The third-order valence-electron chi connectivity index (χ3n) is 1.27. The van der Waals surface area contributed by atoms with Gasteiger partial charge in [-0.3, -0.25) is 0 Å². The fraction of sp³-hybridized carbons (Fsp3) is 0. The summed E-state index contributed by atoms with van der Waals surface area (Å²) < 4.78 is 1.01. The smallest absolute Gasteiger partial charge is 0.114 e. The molecule has 1 heterocycles. The third kappa shape index (κ3) is 2.92.